The third-order valence-electron chi connectivity index (χ3n) is 6.35. The Morgan fingerprint density at radius 2 is 1.45 bits per heavy atom. The largest absolute Gasteiger partial charge is 0.444 e. The van der Waals surface area contributed by atoms with Crippen LogP contribution in [0.2, 0.25) is 0 Å². The fraction of sp³-hybridized carbons (Fsp3) is 0.500. The summed E-state index contributed by atoms with van der Waals surface area (Å²) in [5.41, 5.74) is 0.975. The van der Waals surface area contributed by atoms with Crippen LogP contribution in [0.5, 0.6) is 0 Å². The van der Waals surface area contributed by atoms with Crippen molar-refractivity contribution >= 4 is 6.09 Å². The van der Waals surface area contributed by atoms with Crippen LogP contribution in [-0.4, -0.2) is 59.9 Å². The lowest BCUT2D eigenvalue weighted by atomic mass is 9.87. The van der Waals surface area contributed by atoms with E-state index in [1.165, 1.54) is 24.3 Å². The first-order valence-corrected chi connectivity index (χ1v) is 11.5. The van der Waals surface area contributed by atoms with Crippen molar-refractivity contribution in [2.24, 2.45) is 0 Å². The van der Waals surface area contributed by atoms with Crippen LogP contribution >= 0.6 is 0 Å². The number of morpholine rings is 1. The fourth-order valence-electron chi connectivity index (χ4n) is 4.72. The van der Waals surface area contributed by atoms with Gasteiger partial charge in [0.05, 0.1) is 24.8 Å². The lowest BCUT2D eigenvalue weighted by Gasteiger charge is -2.48. The van der Waals surface area contributed by atoms with E-state index < -0.39 is 11.2 Å². The molecule has 0 atom stereocenters. The summed E-state index contributed by atoms with van der Waals surface area (Å²) in [5, 5.41) is 0. The Morgan fingerprint density at radius 1 is 0.939 bits per heavy atom. The molecule has 1 spiro atoms. The molecule has 5 nitrogen and oxygen atoms in total. The van der Waals surface area contributed by atoms with Crippen LogP contribution in [0.1, 0.15) is 50.8 Å². The minimum absolute atomic E-state index is 0.117. The standard InChI is InChI=1S/C26H32F2N2O3/c1-25(2,3)33-24(31)30-16-17-32-26(18-30)12-14-29(15-13-26)23(19-4-8-21(27)9-5-19)20-6-10-22(28)11-7-20/h4-11,23H,12-18H2,1-3H3. The van der Waals surface area contributed by atoms with Gasteiger partial charge in [-0.25, -0.2) is 13.6 Å². The Labute approximate surface area is 194 Å². The van der Waals surface area contributed by atoms with Crippen molar-refractivity contribution in [3.8, 4) is 0 Å². The van der Waals surface area contributed by atoms with Crippen molar-refractivity contribution in [1.82, 2.24) is 9.80 Å². The van der Waals surface area contributed by atoms with Gasteiger partial charge in [0, 0.05) is 19.6 Å². The molecule has 7 heteroatoms. The second-order valence-corrected chi connectivity index (χ2v) is 9.97. The minimum Gasteiger partial charge on any atom is -0.444 e. The molecule has 2 heterocycles. The molecule has 0 unspecified atom stereocenters. The minimum atomic E-state index is -0.538. The van der Waals surface area contributed by atoms with Crippen molar-refractivity contribution in [2.45, 2.75) is 50.9 Å². The van der Waals surface area contributed by atoms with E-state index in [4.69, 9.17) is 9.47 Å². The quantitative estimate of drug-likeness (QED) is 0.638. The summed E-state index contributed by atoms with van der Waals surface area (Å²) < 4.78 is 38.9. The molecule has 2 aliphatic rings. The molecule has 0 radical (unpaired) electrons. The Morgan fingerprint density at radius 3 is 1.94 bits per heavy atom. The maximum atomic E-state index is 13.6. The van der Waals surface area contributed by atoms with Crippen molar-refractivity contribution < 1.29 is 23.0 Å². The molecular formula is C26H32F2N2O3. The van der Waals surface area contributed by atoms with Gasteiger partial charge >= 0.3 is 6.09 Å². The lowest BCUT2D eigenvalue weighted by molar-refractivity contribution is -0.135. The lowest BCUT2D eigenvalue weighted by Crippen LogP contribution is -2.58. The molecular weight excluding hydrogens is 426 g/mol. The topological polar surface area (TPSA) is 42.0 Å². The number of hydrogen-bond donors (Lipinski definition) is 0. The highest BCUT2D eigenvalue weighted by Gasteiger charge is 2.43. The molecule has 0 N–H and O–H groups in total. The third-order valence-corrected chi connectivity index (χ3v) is 6.35. The van der Waals surface area contributed by atoms with Gasteiger partial charge in [-0.3, -0.25) is 4.90 Å². The smallest absolute Gasteiger partial charge is 0.410 e. The van der Waals surface area contributed by atoms with Crippen LogP contribution < -0.4 is 0 Å². The maximum absolute atomic E-state index is 13.6. The predicted molar refractivity (Wildman–Crippen MR) is 122 cm³/mol. The molecule has 0 aromatic heterocycles. The molecule has 1 amide bonds. The summed E-state index contributed by atoms with van der Waals surface area (Å²) in [4.78, 5) is 16.7. The SMILES string of the molecule is CC(C)(C)OC(=O)N1CCOC2(CCN(C(c3ccc(F)cc3)c3ccc(F)cc3)CC2)C1. The number of carbonyl (C=O) groups is 1. The second-order valence-electron chi connectivity index (χ2n) is 9.97. The zero-order valence-corrected chi connectivity index (χ0v) is 19.5. The van der Waals surface area contributed by atoms with Crippen molar-refractivity contribution in [2.75, 3.05) is 32.8 Å². The van der Waals surface area contributed by atoms with Gasteiger partial charge in [0.25, 0.3) is 0 Å². The van der Waals surface area contributed by atoms with Gasteiger partial charge in [0.1, 0.15) is 17.2 Å². The predicted octanol–water partition coefficient (Wildman–Crippen LogP) is 5.16. The van der Waals surface area contributed by atoms with Gasteiger partial charge in [0.15, 0.2) is 0 Å². The summed E-state index contributed by atoms with van der Waals surface area (Å²) in [7, 11) is 0. The number of nitrogens with zero attached hydrogens (tertiary/aromatic N) is 2. The molecule has 33 heavy (non-hydrogen) atoms. The number of carbonyl (C=O) groups excluding carboxylic acids is 1. The van der Waals surface area contributed by atoms with E-state index in [0.29, 0.717) is 19.7 Å². The van der Waals surface area contributed by atoms with Gasteiger partial charge < -0.3 is 14.4 Å². The zero-order chi connectivity index (χ0) is 23.6. The third kappa shape index (κ3) is 5.71. The molecule has 178 valence electrons. The second kappa shape index (κ2) is 9.39. The van der Waals surface area contributed by atoms with Crippen LogP contribution in [0.3, 0.4) is 0 Å². The van der Waals surface area contributed by atoms with Crippen LogP contribution in [-0.2, 0) is 9.47 Å². The highest BCUT2D eigenvalue weighted by atomic mass is 19.1. The van der Waals surface area contributed by atoms with Gasteiger partial charge in [-0.1, -0.05) is 24.3 Å². The Bertz CT molecular complexity index is 903. The maximum Gasteiger partial charge on any atom is 0.410 e. The molecule has 0 aliphatic carbocycles. The Kier molecular flexibility index (Phi) is 6.73. The highest BCUT2D eigenvalue weighted by Crippen LogP contribution is 2.37. The summed E-state index contributed by atoms with van der Waals surface area (Å²) in [6.45, 7) is 8.59. The van der Waals surface area contributed by atoms with Gasteiger partial charge in [-0.15, -0.1) is 0 Å². The monoisotopic (exact) mass is 458 g/mol. The molecule has 2 aromatic carbocycles. The van der Waals surface area contributed by atoms with Gasteiger partial charge in [-0.05, 0) is 69.0 Å². The van der Waals surface area contributed by atoms with Crippen LogP contribution in [0.25, 0.3) is 0 Å². The highest BCUT2D eigenvalue weighted by molar-refractivity contribution is 5.68. The average molecular weight is 459 g/mol. The number of amides is 1. The van der Waals surface area contributed by atoms with E-state index in [0.717, 1.165) is 37.1 Å². The van der Waals surface area contributed by atoms with Crippen LogP contribution in [0.15, 0.2) is 48.5 Å². The molecule has 2 aromatic rings. The summed E-state index contributed by atoms with van der Waals surface area (Å²) in [5.74, 6) is -0.570. The van der Waals surface area contributed by atoms with Crippen molar-refractivity contribution in [3.05, 3.63) is 71.3 Å². The first-order chi connectivity index (χ1) is 15.6. The van der Waals surface area contributed by atoms with Crippen LogP contribution in [0, 0.1) is 11.6 Å². The Hall–Kier alpha value is -2.51. The normalized spacial score (nSPS) is 19.2. The van der Waals surface area contributed by atoms with E-state index in [1.807, 2.05) is 20.8 Å². The number of likely N-dealkylation sites (tertiary alicyclic amines) is 1. The molecule has 2 aliphatic heterocycles. The summed E-state index contributed by atoms with van der Waals surface area (Å²) in [6.07, 6.45) is 1.21. The number of hydrogen-bond acceptors (Lipinski definition) is 4. The first-order valence-electron chi connectivity index (χ1n) is 11.5. The van der Waals surface area contributed by atoms with Gasteiger partial charge in [-0.2, -0.15) is 0 Å². The molecule has 0 bridgehead atoms. The van der Waals surface area contributed by atoms with Crippen molar-refractivity contribution in [3.63, 3.8) is 0 Å². The number of piperidine rings is 1. The van der Waals surface area contributed by atoms with E-state index >= 15 is 0 Å². The number of ether oxygens (including phenoxy) is 2. The molecule has 0 saturated carbocycles. The molecule has 2 saturated heterocycles. The average Bonchev–Trinajstić information content (AvgIpc) is 2.77. The molecule has 2 fully saturated rings. The molecule has 4 rings (SSSR count). The van der Waals surface area contributed by atoms with Crippen LogP contribution in [0.4, 0.5) is 13.6 Å². The van der Waals surface area contributed by atoms with Crippen molar-refractivity contribution in [1.29, 1.82) is 0 Å². The van der Waals surface area contributed by atoms with E-state index in [-0.39, 0.29) is 23.8 Å². The fourth-order valence-corrected chi connectivity index (χ4v) is 4.72. The van der Waals surface area contributed by atoms with E-state index in [1.54, 1.807) is 29.2 Å². The number of benzene rings is 2. The number of halogens is 2. The first kappa shape index (κ1) is 23.6. The number of rotatable bonds is 3. The summed E-state index contributed by atoms with van der Waals surface area (Å²) >= 11 is 0. The van der Waals surface area contributed by atoms with Gasteiger partial charge in [0.2, 0.25) is 0 Å². The summed E-state index contributed by atoms with van der Waals surface area (Å²) in [6, 6.07) is 12.9. The van der Waals surface area contributed by atoms with E-state index in [9.17, 15) is 13.6 Å². The van der Waals surface area contributed by atoms with E-state index in [2.05, 4.69) is 4.90 Å². The Balaban J connectivity index is 1.49. The zero-order valence-electron chi connectivity index (χ0n) is 19.5.